The van der Waals surface area contributed by atoms with E-state index in [-0.39, 0.29) is 0 Å². The topological polar surface area (TPSA) is 49.5 Å². The molecule has 1 aliphatic heterocycles. The third-order valence-electron chi connectivity index (χ3n) is 3.66. The van der Waals surface area contributed by atoms with Gasteiger partial charge in [-0.15, -0.1) is 0 Å². The summed E-state index contributed by atoms with van der Waals surface area (Å²) in [6.07, 6.45) is 2.13. The monoisotopic (exact) mass is 246 g/mol. The molecule has 4 heteroatoms. The molecule has 2 aromatic rings. The van der Waals surface area contributed by atoms with E-state index in [9.17, 15) is 0 Å². The Labute approximate surface area is 106 Å². The summed E-state index contributed by atoms with van der Waals surface area (Å²) >= 11 is 0. The van der Waals surface area contributed by atoms with E-state index in [1.807, 2.05) is 24.3 Å². The highest BCUT2D eigenvalue weighted by molar-refractivity contribution is 5.72. The van der Waals surface area contributed by atoms with Crippen LogP contribution in [0.15, 0.2) is 28.7 Å². The Morgan fingerprint density at radius 3 is 2.78 bits per heavy atom. The van der Waals surface area contributed by atoms with E-state index < -0.39 is 0 Å². The SMILES string of the molecule is OCC1CCN(Cc2nc3ccccc3o2)CC1. The molecular formula is C14H18N2O2. The third kappa shape index (κ3) is 2.40. The molecule has 0 unspecified atom stereocenters. The number of fused-ring (bicyclic) bond motifs is 1. The number of para-hydroxylation sites is 2. The van der Waals surface area contributed by atoms with E-state index in [1.54, 1.807) is 0 Å². The molecule has 3 rings (SSSR count). The molecule has 96 valence electrons. The van der Waals surface area contributed by atoms with Gasteiger partial charge in [0.05, 0.1) is 6.54 Å². The van der Waals surface area contributed by atoms with Gasteiger partial charge in [-0.2, -0.15) is 0 Å². The fourth-order valence-electron chi connectivity index (χ4n) is 2.51. The highest BCUT2D eigenvalue weighted by atomic mass is 16.3. The minimum absolute atomic E-state index is 0.316. The molecule has 1 aromatic carbocycles. The molecular weight excluding hydrogens is 228 g/mol. The van der Waals surface area contributed by atoms with E-state index >= 15 is 0 Å². The average molecular weight is 246 g/mol. The lowest BCUT2D eigenvalue weighted by Gasteiger charge is -2.29. The number of piperidine rings is 1. The van der Waals surface area contributed by atoms with Crippen molar-refractivity contribution in [2.75, 3.05) is 19.7 Å². The average Bonchev–Trinajstić information content (AvgIpc) is 2.82. The normalized spacial score (nSPS) is 18.5. The minimum Gasteiger partial charge on any atom is -0.439 e. The summed E-state index contributed by atoms with van der Waals surface area (Å²) in [6.45, 7) is 3.12. The van der Waals surface area contributed by atoms with Crippen LogP contribution in [0.4, 0.5) is 0 Å². The Hall–Kier alpha value is -1.39. The van der Waals surface area contributed by atoms with Crippen LogP contribution < -0.4 is 0 Å². The molecule has 0 spiro atoms. The predicted molar refractivity (Wildman–Crippen MR) is 69.1 cm³/mol. The molecule has 0 atom stereocenters. The van der Waals surface area contributed by atoms with Crippen molar-refractivity contribution in [1.29, 1.82) is 0 Å². The first kappa shape index (κ1) is 11.7. The van der Waals surface area contributed by atoms with Crippen molar-refractivity contribution in [2.24, 2.45) is 5.92 Å². The van der Waals surface area contributed by atoms with Gasteiger partial charge in [0.2, 0.25) is 5.89 Å². The van der Waals surface area contributed by atoms with Crippen molar-refractivity contribution < 1.29 is 9.52 Å². The smallest absolute Gasteiger partial charge is 0.209 e. The van der Waals surface area contributed by atoms with Crippen molar-refractivity contribution in [2.45, 2.75) is 19.4 Å². The second-order valence-electron chi connectivity index (χ2n) is 4.98. The Kier molecular flexibility index (Phi) is 3.30. The van der Waals surface area contributed by atoms with E-state index in [4.69, 9.17) is 9.52 Å². The maximum Gasteiger partial charge on any atom is 0.209 e. The van der Waals surface area contributed by atoms with Gasteiger partial charge in [0.15, 0.2) is 5.58 Å². The molecule has 0 aliphatic carbocycles. The number of nitrogens with zero attached hydrogens (tertiary/aromatic N) is 2. The Morgan fingerprint density at radius 2 is 2.06 bits per heavy atom. The van der Waals surface area contributed by atoms with Crippen LogP contribution in [0.25, 0.3) is 11.1 Å². The summed E-state index contributed by atoms with van der Waals surface area (Å²) in [5.41, 5.74) is 1.79. The van der Waals surface area contributed by atoms with E-state index in [1.165, 1.54) is 0 Å². The number of rotatable bonds is 3. The molecule has 1 fully saturated rings. The summed E-state index contributed by atoms with van der Waals surface area (Å²) in [5.74, 6) is 1.27. The molecule has 18 heavy (non-hydrogen) atoms. The zero-order chi connectivity index (χ0) is 12.4. The van der Waals surface area contributed by atoms with Crippen LogP contribution >= 0.6 is 0 Å². The van der Waals surface area contributed by atoms with Crippen LogP contribution in [0.2, 0.25) is 0 Å². The van der Waals surface area contributed by atoms with Crippen molar-refractivity contribution in [1.82, 2.24) is 9.88 Å². The fourth-order valence-corrected chi connectivity index (χ4v) is 2.51. The molecule has 0 bridgehead atoms. The summed E-state index contributed by atoms with van der Waals surface area (Å²) in [7, 11) is 0. The Balaban J connectivity index is 1.66. The number of likely N-dealkylation sites (tertiary alicyclic amines) is 1. The summed E-state index contributed by atoms with van der Waals surface area (Å²) in [5, 5.41) is 9.11. The van der Waals surface area contributed by atoms with Crippen molar-refractivity contribution >= 4 is 11.1 Å². The van der Waals surface area contributed by atoms with Gasteiger partial charge in [-0.3, -0.25) is 4.90 Å². The molecule has 0 radical (unpaired) electrons. The zero-order valence-electron chi connectivity index (χ0n) is 10.4. The minimum atomic E-state index is 0.316. The van der Waals surface area contributed by atoms with Crippen LogP contribution in [0, 0.1) is 5.92 Å². The van der Waals surface area contributed by atoms with Gasteiger partial charge >= 0.3 is 0 Å². The number of hydrogen-bond acceptors (Lipinski definition) is 4. The first-order valence-corrected chi connectivity index (χ1v) is 6.53. The van der Waals surface area contributed by atoms with Gasteiger partial charge < -0.3 is 9.52 Å². The molecule has 4 nitrogen and oxygen atoms in total. The number of aromatic nitrogens is 1. The molecule has 0 amide bonds. The first-order chi connectivity index (χ1) is 8.85. The highest BCUT2D eigenvalue weighted by Crippen LogP contribution is 2.20. The lowest BCUT2D eigenvalue weighted by atomic mass is 9.98. The lowest BCUT2D eigenvalue weighted by molar-refractivity contribution is 0.121. The molecule has 1 saturated heterocycles. The van der Waals surface area contributed by atoms with Gasteiger partial charge in [-0.1, -0.05) is 12.1 Å². The van der Waals surface area contributed by atoms with Crippen molar-refractivity contribution in [3.63, 3.8) is 0 Å². The van der Waals surface area contributed by atoms with Gasteiger partial charge in [-0.25, -0.2) is 4.98 Å². The predicted octanol–water partition coefficient (Wildman–Crippen LogP) is 2.03. The maximum atomic E-state index is 9.11. The van der Waals surface area contributed by atoms with Gasteiger partial charge in [0, 0.05) is 6.61 Å². The quantitative estimate of drug-likeness (QED) is 0.900. The number of benzene rings is 1. The second-order valence-corrected chi connectivity index (χ2v) is 4.98. The maximum absolute atomic E-state index is 9.11. The van der Waals surface area contributed by atoms with Gasteiger partial charge in [0.1, 0.15) is 5.52 Å². The lowest BCUT2D eigenvalue weighted by Crippen LogP contribution is -2.34. The second kappa shape index (κ2) is 5.08. The van der Waals surface area contributed by atoms with Crippen LogP contribution in [-0.2, 0) is 6.54 Å². The van der Waals surface area contributed by atoms with E-state index in [0.29, 0.717) is 12.5 Å². The number of aliphatic hydroxyl groups is 1. The molecule has 0 saturated carbocycles. The Bertz CT molecular complexity index is 482. The summed E-state index contributed by atoms with van der Waals surface area (Å²) in [6, 6.07) is 7.86. The zero-order valence-corrected chi connectivity index (χ0v) is 10.4. The molecule has 1 N–H and O–H groups in total. The van der Waals surface area contributed by atoms with E-state index in [0.717, 1.165) is 49.5 Å². The van der Waals surface area contributed by atoms with Gasteiger partial charge in [0.25, 0.3) is 0 Å². The largest absolute Gasteiger partial charge is 0.439 e. The fraction of sp³-hybridized carbons (Fsp3) is 0.500. The Morgan fingerprint density at radius 1 is 1.28 bits per heavy atom. The number of aliphatic hydroxyl groups excluding tert-OH is 1. The van der Waals surface area contributed by atoms with Crippen LogP contribution in [0.1, 0.15) is 18.7 Å². The number of oxazole rings is 1. The van der Waals surface area contributed by atoms with Crippen LogP contribution in [-0.4, -0.2) is 34.7 Å². The summed E-state index contributed by atoms with van der Waals surface area (Å²) in [4.78, 5) is 6.83. The van der Waals surface area contributed by atoms with Crippen molar-refractivity contribution in [3.8, 4) is 0 Å². The summed E-state index contributed by atoms with van der Waals surface area (Å²) < 4.78 is 5.72. The van der Waals surface area contributed by atoms with Crippen LogP contribution in [0.3, 0.4) is 0 Å². The van der Waals surface area contributed by atoms with Crippen LogP contribution in [0.5, 0.6) is 0 Å². The standard InChI is InChI=1S/C14H18N2O2/c17-10-11-5-7-16(8-6-11)9-14-15-12-3-1-2-4-13(12)18-14/h1-4,11,17H,5-10H2. The highest BCUT2D eigenvalue weighted by Gasteiger charge is 2.19. The van der Waals surface area contributed by atoms with Crippen molar-refractivity contribution in [3.05, 3.63) is 30.2 Å². The third-order valence-corrected chi connectivity index (χ3v) is 3.66. The molecule has 1 aliphatic rings. The van der Waals surface area contributed by atoms with E-state index in [2.05, 4.69) is 9.88 Å². The first-order valence-electron chi connectivity index (χ1n) is 6.53. The molecule has 1 aromatic heterocycles. The number of hydrogen-bond donors (Lipinski definition) is 1. The van der Waals surface area contributed by atoms with Gasteiger partial charge in [-0.05, 0) is 44.0 Å². The molecule has 2 heterocycles.